The van der Waals surface area contributed by atoms with Gasteiger partial charge in [-0.1, -0.05) is 6.07 Å². The lowest BCUT2D eigenvalue weighted by Crippen LogP contribution is -2.16. The first-order valence-electron chi connectivity index (χ1n) is 7.29. The number of imidazole rings is 1. The largest absolute Gasteiger partial charge is 0.508 e. The van der Waals surface area contributed by atoms with Gasteiger partial charge in [0.05, 0.1) is 19.0 Å². The molecule has 3 aromatic rings. The summed E-state index contributed by atoms with van der Waals surface area (Å²) in [5.74, 6) is -0.180. The third-order valence-electron chi connectivity index (χ3n) is 4.13. The van der Waals surface area contributed by atoms with Gasteiger partial charge in [-0.05, 0) is 36.6 Å². The minimum absolute atomic E-state index is 0.123. The summed E-state index contributed by atoms with van der Waals surface area (Å²) >= 11 is 0. The third-order valence-corrected chi connectivity index (χ3v) is 4.13. The van der Waals surface area contributed by atoms with Crippen molar-refractivity contribution in [2.24, 2.45) is 5.73 Å². The van der Waals surface area contributed by atoms with Crippen molar-refractivity contribution in [2.75, 3.05) is 12.8 Å². The highest BCUT2D eigenvalue weighted by Crippen LogP contribution is 2.38. The summed E-state index contributed by atoms with van der Waals surface area (Å²) < 4.78 is 6.77. The Morgan fingerprint density at radius 2 is 2.00 bits per heavy atom. The third kappa shape index (κ3) is 2.21. The highest BCUT2D eigenvalue weighted by Gasteiger charge is 2.21. The van der Waals surface area contributed by atoms with Gasteiger partial charge in [0.1, 0.15) is 11.3 Å². The van der Waals surface area contributed by atoms with E-state index in [1.165, 1.54) is 7.11 Å². The first-order chi connectivity index (χ1) is 11.3. The summed E-state index contributed by atoms with van der Waals surface area (Å²) in [6.07, 6.45) is 3.39. The number of nitrogen functional groups attached to an aromatic ring is 1. The monoisotopic (exact) mass is 326 g/mol. The number of benzene rings is 1. The van der Waals surface area contributed by atoms with Crippen LogP contribution in [-0.2, 0) is 0 Å². The highest BCUT2D eigenvalue weighted by atomic mass is 16.5. The van der Waals surface area contributed by atoms with Crippen molar-refractivity contribution in [3.05, 3.63) is 41.2 Å². The first kappa shape index (κ1) is 15.7. The molecule has 0 saturated heterocycles. The Kier molecular flexibility index (Phi) is 3.56. The van der Waals surface area contributed by atoms with E-state index in [9.17, 15) is 9.90 Å². The van der Waals surface area contributed by atoms with Gasteiger partial charge in [0.15, 0.2) is 5.65 Å². The van der Waals surface area contributed by atoms with Crippen molar-refractivity contribution in [2.45, 2.75) is 13.8 Å². The summed E-state index contributed by atoms with van der Waals surface area (Å²) in [5, 5.41) is 10.0. The van der Waals surface area contributed by atoms with E-state index in [0.29, 0.717) is 22.7 Å². The summed E-state index contributed by atoms with van der Waals surface area (Å²) in [5.41, 5.74) is 15.4. The van der Waals surface area contributed by atoms with Crippen molar-refractivity contribution in [1.82, 2.24) is 9.38 Å². The van der Waals surface area contributed by atoms with Gasteiger partial charge in [-0.25, -0.2) is 0 Å². The summed E-state index contributed by atoms with van der Waals surface area (Å²) in [6.45, 7) is 3.70. The number of ether oxygens (including phenoxy) is 1. The topological polar surface area (TPSA) is 116 Å². The lowest BCUT2D eigenvalue weighted by molar-refractivity contribution is 0.100. The molecule has 7 nitrogen and oxygen atoms in total. The number of aryl methyl sites for hydroxylation is 1. The van der Waals surface area contributed by atoms with E-state index in [-0.39, 0.29) is 17.0 Å². The highest BCUT2D eigenvalue weighted by molar-refractivity contribution is 6.07. The van der Waals surface area contributed by atoms with Crippen molar-refractivity contribution in [1.29, 1.82) is 0 Å². The number of phenolic OH excluding ortho intramolecular Hbond substituents is 1. The number of primary amides is 1. The van der Waals surface area contributed by atoms with Gasteiger partial charge >= 0.3 is 0 Å². The molecule has 0 unspecified atom stereocenters. The predicted molar refractivity (Wildman–Crippen MR) is 91.2 cm³/mol. The second kappa shape index (κ2) is 5.45. The van der Waals surface area contributed by atoms with Crippen LogP contribution in [0.2, 0.25) is 0 Å². The number of nitrogens with zero attached hydrogens (tertiary/aromatic N) is 2. The molecule has 0 aliphatic carbocycles. The number of hydrogen-bond acceptors (Lipinski definition) is 5. The van der Waals surface area contributed by atoms with Crippen LogP contribution in [0.5, 0.6) is 11.6 Å². The summed E-state index contributed by atoms with van der Waals surface area (Å²) in [6, 6.07) is 3.41. The Hall–Kier alpha value is -3.22. The van der Waals surface area contributed by atoms with Crippen LogP contribution in [0.1, 0.15) is 21.5 Å². The van der Waals surface area contributed by atoms with Crippen molar-refractivity contribution in [3.63, 3.8) is 0 Å². The Balaban J connectivity index is 2.44. The maximum Gasteiger partial charge on any atom is 0.254 e. The molecule has 2 heterocycles. The number of rotatable bonds is 3. The Labute approximate surface area is 138 Å². The number of fused-ring (bicyclic) bond motifs is 1. The maximum absolute atomic E-state index is 12.0. The van der Waals surface area contributed by atoms with Crippen LogP contribution in [0.25, 0.3) is 16.8 Å². The number of phenols is 1. The quantitative estimate of drug-likeness (QED) is 0.681. The number of carbonyl (C=O) groups is 1. The smallest absolute Gasteiger partial charge is 0.254 e. The molecule has 0 saturated carbocycles. The van der Waals surface area contributed by atoms with Crippen LogP contribution in [-0.4, -0.2) is 27.5 Å². The van der Waals surface area contributed by atoms with E-state index in [0.717, 1.165) is 11.1 Å². The van der Waals surface area contributed by atoms with E-state index in [1.807, 2.05) is 6.92 Å². The zero-order chi connectivity index (χ0) is 17.6. The molecule has 0 atom stereocenters. The molecule has 5 N–H and O–H groups in total. The second-order valence-corrected chi connectivity index (χ2v) is 5.61. The Morgan fingerprint density at radius 3 is 2.62 bits per heavy atom. The number of aromatic nitrogens is 2. The van der Waals surface area contributed by atoms with Crippen LogP contribution in [0.15, 0.2) is 24.5 Å². The molecule has 24 heavy (non-hydrogen) atoms. The molecule has 0 radical (unpaired) electrons. The molecule has 3 rings (SSSR count). The number of hydrogen-bond donors (Lipinski definition) is 3. The molecular weight excluding hydrogens is 308 g/mol. The molecule has 0 bridgehead atoms. The fourth-order valence-electron chi connectivity index (χ4n) is 2.91. The number of aromatic hydroxyl groups is 1. The molecule has 1 aromatic carbocycles. The number of nitrogens with two attached hydrogens (primary N) is 2. The zero-order valence-electron chi connectivity index (χ0n) is 13.6. The van der Waals surface area contributed by atoms with Gasteiger partial charge in [0.25, 0.3) is 5.91 Å². The standard InChI is InChI=1S/C17H18N4O3/c1-8-4-5-11(22)9(2)13(8)10-6-21-7-12(24-3)20-17(21)14(15(10)18)16(19)23/h4-7,22H,18H2,1-3H3,(H2,19,23). The van der Waals surface area contributed by atoms with Gasteiger partial charge in [-0.2, -0.15) is 4.98 Å². The number of carbonyl (C=O) groups excluding carboxylic acids is 1. The van der Waals surface area contributed by atoms with E-state index >= 15 is 0 Å². The van der Waals surface area contributed by atoms with Crippen molar-refractivity contribution < 1.29 is 14.6 Å². The van der Waals surface area contributed by atoms with E-state index in [4.69, 9.17) is 16.2 Å². The van der Waals surface area contributed by atoms with Gasteiger partial charge in [-0.15, -0.1) is 0 Å². The van der Waals surface area contributed by atoms with Crippen LogP contribution >= 0.6 is 0 Å². The average molecular weight is 326 g/mol. The predicted octanol–water partition coefficient (Wildman–Crippen LogP) is 2.01. The molecule has 0 fully saturated rings. The normalized spacial score (nSPS) is 11.0. The van der Waals surface area contributed by atoms with Gasteiger partial charge in [-0.3, -0.25) is 4.79 Å². The van der Waals surface area contributed by atoms with Crippen LogP contribution in [0.4, 0.5) is 5.69 Å². The van der Waals surface area contributed by atoms with Gasteiger partial charge in [0, 0.05) is 11.8 Å². The molecule has 0 aliphatic heterocycles. The van der Waals surface area contributed by atoms with Crippen LogP contribution in [0, 0.1) is 13.8 Å². The molecule has 7 heteroatoms. The second-order valence-electron chi connectivity index (χ2n) is 5.61. The van der Waals surface area contributed by atoms with Crippen molar-refractivity contribution in [3.8, 4) is 22.8 Å². The van der Waals surface area contributed by atoms with Crippen LogP contribution < -0.4 is 16.2 Å². The molecule has 0 aliphatic rings. The number of amides is 1. The minimum Gasteiger partial charge on any atom is -0.508 e. The fourth-order valence-corrected chi connectivity index (χ4v) is 2.91. The van der Waals surface area contributed by atoms with E-state index in [1.54, 1.807) is 35.9 Å². The Morgan fingerprint density at radius 1 is 1.29 bits per heavy atom. The number of pyridine rings is 1. The molecule has 0 spiro atoms. The fraction of sp³-hybridized carbons (Fsp3) is 0.176. The van der Waals surface area contributed by atoms with Gasteiger partial charge < -0.3 is 25.7 Å². The molecular formula is C17H18N4O3. The SMILES string of the molecule is COc1cn2cc(-c3c(C)ccc(O)c3C)c(N)c(C(N)=O)c2n1. The lowest BCUT2D eigenvalue weighted by atomic mass is 9.93. The number of anilines is 1. The zero-order valence-corrected chi connectivity index (χ0v) is 13.6. The summed E-state index contributed by atoms with van der Waals surface area (Å²) in [4.78, 5) is 16.2. The summed E-state index contributed by atoms with van der Waals surface area (Å²) in [7, 11) is 1.49. The molecule has 2 aromatic heterocycles. The minimum atomic E-state index is -0.678. The average Bonchev–Trinajstić information content (AvgIpc) is 2.93. The molecule has 124 valence electrons. The first-order valence-corrected chi connectivity index (χ1v) is 7.29. The number of methoxy groups -OCH3 is 1. The van der Waals surface area contributed by atoms with Gasteiger partial charge in [0.2, 0.25) is 5.88 Å². The van der Waals surface area contributed by atoms with Crippen LogP contribution in [0.3, 0.4) is 0 Å². The molecule has 1 amide bonds. The van der Waals surface area contributed by atoms with E-state index < -0.39 is 5.91 Å². The van der Waals surface area contributed by atoms with E-state index in [2.05, 4.69) is 4.98 Å². The Bertz CT molecular complexity index is 976. The maximum atomic E-state index is 12.0. The lowest BCUT2D eigenvalue weighted by Gasteiger charge is -2.16. The van der Waals surface area contributed by atoms with Crippen molar-refractivity contribution >= 4 is 17.2 Å².